The fraction of sp³-hybridized carbons (Fsp3) is 0.263. The molecule has 0 saturated carbocycles. The molecular weight excluding hydrogens is 344 g/mol. The van der Waals surface area contributed by atoms with Crippen molar-refractivity contribution in [3.63, 3.8) is 0 Å². The molecule has 27 heavy (non-hydrogen) atoms. The minimum absolute atomic E-state index is 0.0504. The second-order valence-corrected chi connectivity index (χ2v) is 6.67. The number of amides is 2. The van der Waals surface area contributed by atoms with E-state index in [1.807, 2.05) is 35.2 Å². The van der Waals surface area contributed by atoms with E-state index in [4.69, 9.17) is 5.73 Å². The third-order valence-electron chi connectivity index (χ3n) is 4.95. The second-order valence-electron chi connectivity index (χ2n) is 6.67. The molecule has 0 aliphatic carbocycles. The summed E-state index contributed by atoms with van der Waals surface area (Å²) in [7, 11) is 0. The zero-order valence-corrected chi connectivity index (χ0v) is 14.7. The first-order chi connectivity index (χ1) is 13.1. The van der Waals surface area contributed by atoms with Crippen LogP contribution < -0.4 is 5.73 Å². The Morgan fingerprint density at radius 1 is 1.04 bits per heavy atom. The van der Waals surface area contributed by atoms with Gasteiger partial charge in [0.05, 0.1) is 5.69 Å². The summed E-state index contributed by atoms with van der Waals surface area (Å²) in [6.07, 6.45) is 1.59. The molecule has 0 atom stereocenters. The summed E-state index contributed by atoms with van der Waals surface area (Å²) in [4.78, 5) is 25.8. The fourth-order valence-electron chi connectivity index (χ4n) is 3.42. The molecule has 3 aromatic rings. The average Bonchev–Trinajstić information content (AvgIpc) is 3.38. The lowest BCUT2D eigenvalue weighted by Crippen LogP contribution is -2.38. The Morgan fingerprint density at radius 3 is 2.44 bits per heavy atom. The van der Waals surface area contributed by atoms with Gasteiger partial charge in [-0.15, -0.1) is 0 Å². The average molecular weight is 364 g/mol. The smallest absolute Gasteiger partial charge is 0.271 e. The molecule has 2 amide bonds. The maximum Gasteiger partial charge on any atom is 0.271 e. The van der Waals surface area contributed by atoms with E-state index in [2.05, 4.69) is 20.4 Å². The van der Waals surface area contributed by atoms with Crippen molar-refractivity contribution < 1.29 is 9.59 Å². The van der Waals surface area contributed by atoms with Gasteiger partial charge in [-0.3, -0.25) is 19.8 Å². The van der Waals surface area contributed by atoms with Gasteiger partial charge in [-0.25, -0.2) is 0 Å². The summed E-state index contributed by atoms with van der Waals surface area (Å²) in [5.74, 6) is -0.361. The Balaban J connectivity index is 1.40. The van der Waals surface area contributed by atoms with Gasteiger partial charge in [0, 0.05) is 30.3 Å². The molecular formula is C19H20N6O2. The molecule has 2 aromatic heterocycles. The molecule has 0 bridgehead atoms. The highest BCUT2D eigenvalue weighted by Gasteiger charge is 2.27. The zero-order chi connectivity index (χ0) is 18.8. The summed E-state index contributed by atoms with van der Waals surface area (Å²) >= 11 is 0. The number of aromatic nitrogens is 4. The van der Waals surface area contributed by atoms with E-state index in [-0.39, 0.29) is 17.5 Å². The van der Waals surface area contributed by atoms with Crippen molar-refractivity contribution >= 4 is 11.8 Å². The number of H-pyrrole nitrogens is 2. The standard InChI is InChI=1S/C19H20N6O2/c20-18(26)16-10-14(21-23-16)13-6-8-25(9-7-13)19(27)17-11-15(22-24-17)12-4-2-1-3-5-12/h1-5,10-11,13H,6-9H2,(H2,20,26)(H,21,23)(H,22,24). The van der Waals surface area contributed by atoms with Crippen LogP contribution >= 0.6 is 0 Å². The Labute approximate surface area is 155 Å². The first-order valence-electron chi connectivity index (χ1n) is 8.87. The van der Waals surface area contributed by atoms with Crippen LogP contribution in [0.4, 0.5) is 0 Å². The molecule has 1 aliphatic heterocycles. The highest BCUT2D eigenvalue weighted by atomic mass is 16.2. The number of aromatic amines is 2. The molecule has 3 heterocycles. The van der Waals surface area contributed by atoms with Crippen LogP contribution in [0.15, 0.2) is 42.5 Å². The van der Waals surface area contributed by atoms with Crippen molar-refractivity contribution in [2.45, 2.75) is 18.8 Å². The van der Waals surface area contributed by atoms with Crippen LogP contribution in [-0.2, 0) is 0 Å². The quantitative estimate of drug-likeness (QED) is 0.655. The third kappa shape index (κ3) is 3.46. The summed E-state index contributed by atoms with van der Waals surface area (Å²) < 4.78 is 0. The second kappa shape index (κ2) is 7.06. The van der Waals surface area contributed by atoms with Crippen LogP contribution in [-0.4, -0.2) is 50.2 Å². The number of nitrogens with one attached hydrogen (secondary N) is 2. The van der Waals surface area contributed by atoms with Gasteiger partial charge in [0.15, 0.2) is 0 Å². The van der Waals surface area contributed by atoms with E-state index in [1.54, 1.807) is 12.1 Å². The number of carbonyl (C=O) groups is 2. The van der Waals surface area contributed by atoms with E-state index < -0.39 is 5.91 Å². The maximum absolute atomic E-state index is 12.8. The summed E-state index contributed by atoms with van der Waals surface area (Å²) in [5.41, 5.74) is 8.59. The number of nitrogens with two attached hydrogens (primary N) is 1. The van der Waals surface area contributed by atoms with Crippen molar-refractivity contribution in [3.8, 4) is 11.3 Å². The van der Waals surface area contributed by atoms with E-state index in [0.29, 0.717) is 18.8 Å². The minimum atomic E-state index is -0.543. The Hall–Kier alpha value is -3.42. The summed E-state index contributed by atoms with van der Waals surface area (Å²) in [5, 5.41) is 13.9. The molecule has 4 rings (SSSR count). The van der Waals surface area contributed by atoms with Gasteiger partial charge in [-0.2, -0.15) is 10.2 Å². The van der Waals surface area contributed by atoms with Gasteiger partial charge in [-0.05, 0) is 25.0 Å². The number of hydrogen-bond acceptors (Lipinski definition) is 4. The molecule has 1 aromatic carbocycles. The number of nitrogens with zero attached hydrogens (tertiary/aromatic N) is 3. The Kier molecular flexibility index (Phi) is 4.45. The number of rotatable bonds is 4. The van der Waals surface area contributed by atoms with Gasteiger partial charge < -0.3 is 10.6 Å². The SMILES string of the molecule is NC(=O)c1cc(C2CCN(C(=O)c3cc(-c4ccccc4)n[nH]3)CC2)[nH]n1. The number of carbonyl (C=O) groups excluding carboxylic acids is 2. The topological polar surface area (TPSA) is 121 Å². The van der Waals surface area contributed by atoms with Gasteiger partial charge in [0.1, 0.15) is 11.4 Å². The molecule has 0 radical (unpaired) electrons. The Morgan fingerprint density at radius 2 is 1.78 bits per heavy atom. The zero-order valence-electron chi connectivity index (χ0n) is 14.7. The lowest BCUT2D eigenvalue weighted by atomic mass is 9.93. The first-order valence-corrected chi connectivity index (χ1v) is 8.87. The van der Waals surface area contributed by atoms with Crippen LogP contribution in [0.5, 0.6) is 0 Å². The van der Waals surface area contributed by atoms with Crippen molar-refractivity contribution in [1.29, 1.82) is 0 Å². The van der Waals surface area contributed by atoms with E-state index in [9.17, 15) is 9.59 Å². The lowest BCUT2D eigenvalue weighted by Gasteiger charge is -2.31. The highest BCUT2D eigenvalue weighted by Crippen LogP contribution is 2.28. The first kappa shape index (κ1) is 17.0. The number of primary amides is 1. The van der Waals surface area contributed by atoms with E-state index in [0.717, 1.165) is 29.8 Å². The minimum Gasteiger partial charge on any atom is -0.364 e. The molecule has 1 fully saturated rings. The van der Waals surface area contributed by atoms with E-state index in [1.165, 1.54) is 0 Å². The summed E-state index contributed by atoms with van der Waals surface area (Å²) in [6.45, 7) is 1.27. The number of benzene rings is 1. The predicted molar refractivity (Wildman–Crippen MR) is 99.0 cm³/mol. The maximum atomic E-state index is 12.8. The normalized spacial score (nSPS) is 15.0. The monoisotopic (exact) mass is 364 g/mol. The molecule has 0 unspecified atom stereocenters. The largest absolute Gasteiger partial charge is 0.364 e. The van der Waals surface area contributed by atoms with E-state index >= 15 is 0 Å². The van der Waals surface area contributed by atoms with Crippen LogP contribution in [0.25, 0.3) is 11.3 Å². The molecule has 138 valence electrons. The third-order valence-corrected chi connectivity index (χ3v) is 4.95. The van der Waals surface area contributed by atoms with Gasteiger partial charge in [0.2, 0.25) is 0 Å². The van der Waals surface area contributed by atoms with Crippen molar-refractivity contribution in [2.24, 2.45) is 5.73 Å². The lowest BCUT2D eigenvalue weighted by molar-refractivity contribution is 0.0706. The Bertz CT molecular complexity index is 954. The van der Waals surface area contributed by atoms with Crippen LogP contribution in [0.2, 0.25) is 0 Å². The predicted octanol–water partition coefficient (Wildman–Crippen LogP) is 1.92. The van der Waals surface area contributed by atoms with Crippen molar-refractivity contribution in [2.75, 3.05) is 13.1 Å². The van der Waals surface area contributed by atoms with Crippen LogP contribution in [0.1, 0.15) is 45.4 Å². The number of hydrogen-bond donors (Lipinski definition) is 3. The fourth-order valence-corrected chi connectivity index (χ4v) is 3.42. The number of likely N-dealkylation sites (tertiary alicyclic amines) is 1. The summed E-state index contributed by atoms with van der Waals surface area (Å²) in [6, 6.07) is 13.2. The molecule has 8 heteroatoms. The van der Waals surface area contributed by atoms with Gasteiger partial charge >= 0.3 is 0 Å². The molecule has 1 aliphatic rings. The molecule has 1 saturated heterocycles. The molecule has 0 spiro atoms. The molecule has 8 nitrogen and oxygen atoms in total. The van der Waals surface area contributed by atoms with Crippen molar-refractivity contribution in [1.82, 2.24) is 25.3 Å². The van der Waals surface area contributed by atoms with Crippen molar-refractivity contribution in [3.05, 3.63) is 59.5 Å². The van der Waals surface area contributed by atoms with Gasteiger partial charge in [0.25, 0.3) is 11.8 Å². The van der Waals surface area contributed by atoms with Crippen LogP contribution in [0.3, 0.4) is 0 Å². The molecule has 4 N–H and O–H groups in total. The van der Waals surface area contributed by atoms with Crippen LogP contribution in [0, 0.1) is 0 Å². The van der Waals surface area contributed by atoms with Gasteiger partial charge in [-0.1, -0.05) is 30.3 Å². The number of piperidine rings is 1. The highest BCUT2D eigenvalue weighted by molar-refractivity contribution is 5.93.